The molecule has 0 radical (unpaired) electrons. The van der Waals surface area contributed by atoms with Crippen LogP contribution in [0, 0.1) is 11.3 Å². The van der Waals surface area contributed by atoms with Crippen LogP contribution in [-0.4, -0.2) is 10.2 Å². The van der Waals surface area contributed by atoms with Gasteiger partial charge < -0.3 is 4.42 Å². The smallest absolute Gasteiger partial charge is 0.276 e. The van der Waals surface area contributed by atoms with Gasteiger partial charge in [-0.2, -0.15) is 5.26 Å². The van der Waals surface area contributed by atoms with Crippen molar-refractivity contribution in [3.8, 4) is 6.07 Å². The molecule has 3 rings (SSSR count). The van der Waals surface area contributed by atoms with Crippen LogP contribution in [-0.2, 0) is 12.2 Å². The van der Waals surface area contributed by atoms with Crippen molar-refractivity contribution in [1.29, 1.82) is 5.26 Å². The Hall–Kier alpha value is -2.29. The summed E-state index contributed by atoms with van der Waals surface area (Å²) in [5.41, 5.74) is 2.68. The van der Waals surface area contributed by atoms with E-state index in [9.17, 15) is 0 Å². The van der Waals surface area contributed by atoms with Gasteiger partial charge in [0, 0.05) is 10.8 Å². The Kier molecular flexibility index (Phi) is 4.96. The van der Waals surface area contributed by atoms with Crippen LogP contribution >= 0.6 is 23.4 Å². The topological polar surface area (TPSA) is 62.7 Å². The van der Waals surface area contributed by atoms with Crippen molar-refractivity contribution < 1.29 is 4.42 Å². The van der Waals surface area contributed by atoms with Gasteiger partial charge in [-0.3, -0.25) is 0 Å². The van der Waals surface area contributed by atoms with Crippen LogP contribution in [0.5, 0.6) is 0 Å². The van der Waals surface area contributed by atoms with Crippen molar-refractivity contribution in [2.24, 2.45) is 0 Å². The highest BCUT2D eigenvalue weighted by Gasteiger charge is 2.09. The lowest BCUT2D eigenvalue weighted by Crippen LogP contribution is -1.87. The third-order valence-electron chi connectivity index (χ3n) is 3.21. The summed E-state index contributed by atoms with van der Waals surface area (Å²) in [5.74, 6) is 1.18. The maximum atomic E-state index is 9.08. The minimum Gasteiger partial charge on any atom is -0.416 e. The number of rotatable bonds is 5. The summed E-state index contributed by atoms with van der Waals surface area (Å²) < 4.78 is 5.64. The molecule has 4 nitrogen and oxygen atoms in total. The third kappa shape index (κ3) is 4.13. The molecule has 2 aromatic carbocycles. The molecular weight excluding hydrogens is 330 g/mol. The largest absolute Gasteiger partial charge is 0.416 e. The summed E-state index contributed by atoms with van der Waals surface area (Å²) in [7, 11) is 0. The molecule has 0 aliphatic rings. The third-order valence-corrected chi connectivity index (χ3v) is 4.33. The van der Waals surface area contributed by atoms with Crippen molar-refractivity contribution in [1.82, 2.24) is 10.2 Å². The number of nitrogens with zero attached hydrogens (tertiary/aromatic N) is 3. The monoisotopic (exact) mass is 341 g/mol. The minimum atomic E-state index is 0.502. The van der Waals surface area contributed by atoms with Crippen molar-refractivity contribution in [2.75, 3.05) is 0 Å². The molecule has 0 spiro atoms. The Balaban J connectivity index is 1.63. The zero-order valence-corrected chi connectivity index (χ0v) is 13.6. The van der Waals surface area contributed by atoms with Crippen molar-refractivity contribution in [3.63, 3.8) is 0 Å². The Morgan fingerprint density at radius 1 is 1.09 bits per heavy atom. The van der Waals surface area contributed by atoms with Gasteiger partial charge in [0.1, 0.15) is 0 Å². The maximum Gasteiger partial charge on any atom is 0.276 e. The molecule has 0 fully saturated rings. The number of aromatic nitrogens is 2. The molecule has 0 saturated carbocycles. The minimum absolute atomic E-state index is 0.502. The van der Waals surface area contributed by atoms with E-state index in [4.69, 9.17) is 21.3 Å². The number of benzene rings is 2. The number of thioether (sulfide) groups is 1. The van der Waals surface area contributed by atoms with E-state index < -0.39 is 0 Å². The normalized spacial score (nSPS) is 10.4. The second-order valence-electron chi connectivity index (χ2n) is 4.82. The van der Waals surface area contributed by atoms with Crippen LogP contribution in [0.25, 0.3) is 0 Å². The second-order valence-corrected chi connectivity index (χ2v) is 6.19. The standard InChI is InChI=1S/C17H12ClN3OS/c18-15-7-5-12(6-8-15)9-16-20-21-17(22-16)23-11-14-4-2-1-3-13(14)10-19/h1-8H,9,11H2. The van der Waals surface area contributed by atoms with Gasteiger partial charge in [0.25, 0.3) is 5.22 Å². The number of hydrogen-bond acceptors (Lipinski definition) is 5. The summed E-state index contributed by atoms with van der Waals surface area (Å²) in [6.45, 7) is 0. The first kappa shape index (κ1) is 15.6. The fourth-order valence-electron chi connectivity index (χ4n) is 2.04. The highest BCUT2D eigenvalue weighted by Crippen LogP contribution is 2.24. The van der Waals surface area contributed by atoms with E-state index in [0.717, 1.165) is 11.1 Å². The van der Waals surface area contributed by atoms with E-state index in [0.29, 0.717) is 33.9 Å². The summed E-state index contributed by atoms with van der Waals surface area (Å²) in [6, 6.07) is 17.2. The molecule has 114 valence electrons. The van der Waals surface area contributed by atoms with Gasteiger partial charge in [0.2, 0.25) is 5.89 Å². The first-order chi connectivity index (χ1) is 11.2. The molecule has 6 heteroatoms. The molecule has 0 unspecified atom stereocenters. The average Bonchev–Trinajstić information content (AvgIpc) is 3.03. The van der Waals surface area contributed by atoms with E-state index in [-0.39, 0.29) is 0 Å². The zero-order chi connectivity index (χ0) is 16.1. The summed E-state index contributed by atoms with van der Waals surface area (Å²) in [6.07, 6.45) is 0.569. The van der Waals surface area contributed by atoms with E-state index in [1.54, 1.807) is 6.07 Å². The lowest BCUT2D eigenvalue weighted by atomic mass is 10.1. The van der Waals surface area contributed by atoms with Gasteiger partial charge in [-0.15, -0.1) is 10.2 Å². The lowest BCUT2D eigenvalue weighted by molar-refractivity contribution is 0.420. The SMILES string of the molecule is N#Cc1ccccc1CSc1nnc(Cc2ccc(Cl)cc2)o1. The van der Waals surface area contributed by atoms with Crippen molar-refractivity contribution in [3.05, 3.63) is 76.1 Å². The molecule has 1 aromatic heterocycles. The highest BCUT2D eigenvalue weighted by molar-refractivity contribution is 7.98. The Bertz CT molecular complexity index is 840. The highest BCUT2D eigenvalue weighted by atomic mass is 35.5. The van der Waals surface area contributed by atoms with Crippen molar-refractivity contribution >= 4 is 23.4 Å². The fourth-order valence-corrected chi connectivity index (χ4v) is 2.95. The number of nitriles is 1. The molecule has 0 amide bonds. The first-order valence-electron chi connectivity index (χ1n) is 6.92. The van der Waals surface area contributed by atoms with Crippen LogP contribution in [0.1, 0.15) is 22.6 Å². The van der Waals surface area contributed by atoms with E-state index >= 15 is 0 Å². The van der Waals surface area contributed by atoms with E-state index in [1.165, 1.54) is 11.8 Å². The van der Waals surface area contributed by atoms with Gasteiger partial charge in [-0.1, -0.05) is 53.7 Å². The average molecular weight is 342 g/mol. The maximum absolute atomic E-state index is 9.08. The van der Waals surface area contributed by atoms with Gasteiger partial charge in [-0.05, 0) is 29.3 Å². The molecule has 0 aliphatic heterocycles. The number of hydrogen-bond donors (Lipinski definition) is 0. The molecule has 0 atom stereocenters. The predicted octanol–water partition coefficient (Wildman–Crippen LogP) is 4.48. The predicted molar refractivity (Wildman–Crippen MR) is 89.3 cm³/mol. The van der Waals surface area contributed by atoms with Gasteiger partial charge in [-0.25, -0.2) is 0 Å². The van der Waals surface area contributed by atoms with E-state index in [2.05, 4.69) is 16.3 Å². The van der Waals surface area contributed by atoms with Gasteiger partial charge >= 0.3 is 0 Å². The fraction of sp³-hybridized carbons (Fsp3) is 0.118. The number of halogens is 1. The lowest BCUT2D eigenvalue weighted by Gasteiger charge is -2.00. The molecule has 0 saturated heterocycles. The van der Waals surface area contributed by atoms with Crippen molar-refractivity contribution in [2.45, 2.75) is 17.4 Å². The Morgan fingerprint density at radius 2 is 1.87 bits per heavy atom. The molecule has 1 heterocycles. The van der Waals surface area contributed by atoms with Crippen LogP contribution in [0.4, 0.5) is 0 Å². The molecule has 23 heavy (non-hydrogen) atoms. The van der Waals surface area contributed by atoms with Crippen LogP contribution in [0.2, 0.25) is 5.02 Å². The van der Waals surface area contributed by atoms with Gasteiger partial charge in [0.05, 0.1) is 18.1 Å². The van der Waals surface area contributed by atoms with E-state index in [1.807, 2.05) is 42.5 Å². The Labute approximate surface area is 143 Å². The Morgan fingerprint density at radius 3 is 2.65 bits per heavy atom. The summed E-state index contributed by atoms with van der Waals surface area (Å²) in [5, 5.41) is 18.4. The molecule has 0 bridgehead atoms. The second kappa shape index (κ2) is 7.32. The molecule has 0 N–H and O–H groups in total. The van der Waals surface area contributed by atoms with Crippen LogP contribution in [0.15, 0.2) is 58.2 Å². The quantitative estimate of drug-likeness (QED) is 0.640. The summed E-state index contributed by atoms with van der Waals surface area (Å²) in [4.78, 5) is 0. The molecular formula is C17H12ClN3OS. The molecule has 0 aliphatic carbocycles. The van der Waals surface area contributed by atoms with Crippen LogP contribution in [0.3, 0.4) is 0 Å². The van der Waals surface area contributed by atoms with Gasteiger partial charge in [0.15, 0.2) is 0 Å². The summed E-state index contributed by atoms with van der Waals surface area (Å²) >= 11 is 7.29. The zero-order valence-electron chi connectivity index (χ0n) is 12.1. The first-order valence-corrected chi connectivity index (χ1v) is 8.28. The molecule has 3 aromatic rings. The van der Waals surface area contributed by atoms with Crippen LogP contribution < -0.4 is 0 Å².